The third-order valence-electron chi connectivity index (χ3n) is 1.35. The second-order valence-electron chi connectivity index (χ2n) is 2.34. The molecule has 68 valence electrons. The van der Waals surface area contributed by atoms with Crippen molar-refractivity contribution in [2.24, 2.45) is 0 Å². The standard InChI is InChI=1S/C6H5ClN4S2/c1-3(7)5-9-10-6(12-5)4-2-8-11-13-4/h2-3H,1H3. The van der Waals surface area contributed by atoms with Gasteiger partial charge >= 0.3 is 0 Å². The van der Waals surface area contributed by atoms with Crippen LogP contribution in [0.4, 0.5) is 0 Å². The van der Waals surface area contributed by atoms with Crippen molar-refractivity contribution in [3.8, 4) is 9.88 Å². The molecule has 0 aliphatic rings. The third-order valence-corrected chi connectivity index (χ3v) is 3.63. The Morgan fingerprint density at radius 2 is 2.31 bits per heavy atom. The monoisotopic (exact) mass is 232 g/mol. The molecule has 2 heterocycles. The fraction of sp³-hybridized carbons (Fsp3) is 0.333. The zero-order chi connectivity index (χ0) is 9.26. The van der Waals surface area contributed by atoms with E-state index < -0.39 is 0 Å². The molecule has 0 spiro atoms. The Balaban J connectivity index is 2.33. The normalized spacial score (nSPS) is 13.1. The Morgan fingerprint density at radius 3 is 2.85 bits per heavy atom. The Bertz CT molecular complexity index is 383. The van der Waals surface area contributed by atoms with Gasteiger partial charge in [-0.15, -0.1) is 26.9 Å². The highest BCUT2D eigenvalue weighted by molar-refractivity contribution is 7.19. The Kier molecular flexibility index (Phi) is 2.52. The predicted octanol–water partition coefficient (Wildman–Crippen LogP) is 2.36. The number of nitrogens with zero attached hydrogens (tertiary/aromatic N) is 4. The van der Waals surface area contributed by atoms with Crippen LogP contribution in [0.1, 0.15) is 17.3 Å². The van der Waals surface area contributed by atoms with Crippen molar-refractivity contribution in [1.29, 1.82) is 0 Å². The first kappa shape index (κ1) is 8.98. The van der Waals surface area contributed by atoms with Crippen molar-refractivity contribution in [1.82, 2.24) is 19.8 Å². The zero-order valence-corrected chi connectivity index (χ0v) is 9.03. The molecule has 0 aliphatic carbocycles. The maximum atomic E-state index is 5.86. The quantitative estimate of drug-likeness (QED) is 0.746. The van der Waals surface area contributed by atoms with Crippen molar-refractivity contribution < 1.29 is 0 Å². The van der Waals surface area contributed by atoms with Crippen molar-refractivity contribution in [2.45, 2.75) is 12.3 Å². The van der Waals surface area contributed by atoms with E-state index in [1.807, 2.05) is 6.92 Å². The van der Waals surface area contributed by atoms with Gasteiger partial charge in [-0.2, -0.15) is 0 Å². The van der Waals surface area contributed by atoms with Crippen LogP contribution >= 0.6 is 34.5 Å². The van der Waals surface area contributed by atoms with E-state index in [1.54, 1.807) is 6.20 Å². The lowest BCUT2D eigenvalue weighted by atomic mass is 10.5. The number of hydrogen-bond donors (Lipinski definition) is 0. The molecule has 2 rings (SSSR count). The largest absolute Gasteiger partial charge is 0.161 e. The molecule has 0 aliphatic heterocycles. The van der Waals surface area contributed by atoms with Crippen LogP contribution in [0, 0.1) is 0 Å². The highest BCUT2D eigenvalue weighted by atomic mass is 35.5. The molecular weight excluding hydrogens is 228 g/mol. The Labute approximate surface area is 87.8 Å². The number of halogens is 1. The summed E-state index contributed by atoms with van der Waals surface area (Å²) in [6.45, 7) is 1.87. The van der Waals surface area contributed by atoms with Crippen LogP contribution in [0.2, 0.25) is 0 Å². The van der Waals surface area contributed by atoms with Crippen molar-refractivity contribution in [3.05, 3.63) is 11.2 Å². The lowest BCUT2D eigenvalue weighted by molar-refractivity contribution is 0.963. The summed E-state index contributed by atoms with van der Waals surface area (Å²) in [4.78, 5) is 0.932. The van der Waals surface area contributed by atoms with Crippen LogP contribution < -0.4 is 0 Å². The van der Waals surface area contributed by atoms with Crippen LogP contribution in [0.5, 0.6) is 0 Å². The van der Waals surface area contributed by atoms with Gasteiger partial charge in [-0.05, 0) is 18.5 Å². The number of rotatable bonds is 2. The summed E-state index contributed by atoms with van der Waals surface area (Å²) in [6, 6.07) is 0. The van der Waals surface area contributed by atoms with E-state index in [0.717, 1.165) is 14.9 Å². The smallest absolute Gasteiger partial charge is 0.146 e. The van der Waals surface area contributed by atoms with Crippen LogP contribution in [-0.2, 0) is 0 Å². The summed E-state index contributed by atoms with van der Waals surface area (Å²) in [5.41, 5.74) is 0. The first-order chi connectivity index (χ1) is 6.27. The molecule has 1 unspecified atom stereocenters. The SMILES string of the molecule is CC(Cl)c1nnc(-c2cnns2)s1. The van der Waals surface area contributed by atoms with Gasteiger partial charge in [0.1, 0.15) is 9.88 Å². The summed E-state index contributed by atoms with van der Waals surface area (Å²) in [5.74, 6) is 0. The summed E-state index contributed by atoms with van der Waals surface area (Å²) >= 11 is 8.64. The maximum Gasteiger partial charge on any atom is 0.161 e. The molecule has 2 aromatic rings. The second-order valence-corrected chi connectivity index (χ2v) is 4.79. The lowest BCUT2D eigenvalue weighted by Crippen LogP contribution is -1.80. The van der Waals surface area contributed by atoms with Gasteiger partial charge in [0.2, 0.25) is 0 Å². The predicted molar refractivity (Wildman–Crippen MR) is 53.1 cm³/mol. The summed E-state index contributed by atoms with van der Waals surface area (Å²) < 4.78 is 3.75. The molecule has 0 N–H and O–H groups in total. The minimum absolute atomic E-state index is 0.0906. The van der Waals surface area contributed by atoms with Crippen LogP contribution in [-0.4, -0.2) is 19.8 Å². The van der Waals surface area contributed by atoms with Crippen molar-refractivity contribution >= 4 is 34.5 Å². The molecule has 0 fully saturated rings. The van der Waals surface area contributed by atoms with Gasteiger partial charge < -0.3 is 0 Å². The average Bonchev–Trinajstić information content (AvgIpc) is 2.75. The molecular formula is C6H5ClN4S2. The molecule has 0 aromatic carbocycles. The Hall–Kier alpha value is -0.590. The van der Waals surface area contributed by atoms with Crippen molar-refractivity contribution in [3.63, 3.8) is 0 Å². The van der Waals surface area contributed by atoms with Gasteiger partial charge in [-0.1, -0.05) is 15.8 Å². The Morgan fingerprint density at radius 1 is 1.46 bits per heavy atom. The zero-order valence-electron chi connectivity index (χ0n) is 6.64. The maximum absolute atomic E-state index is 5.86. The molecule has 0 bridgehead atoms. The van der Waals surface area contributed by atoms with E-state index in [0.29, 0.717) is 0 Å². The van der Waals surface area contributed by atoms with E-state index in [4.69, 9.17) is 11.6 Å². The van der Waals surface area contributed by atoms with Crippen LogP contribution in [0.3, 0.4) is 0 Å². The van der Waals surface area contributed by atoms with E-state index in [9.17, 15) is 0 Å². The van der Waals surface area contributed by atoms with Crippen molar-refractivity contribution in [2.75, 3.05) is 0 Å². The summed E-state index contributed by atoms with van der Waals surface area (Å²) in [7, 11) is 0. The van der Waals surface area contributed by atoms with Gasteiger partial charge in [-0.3, -0.25) is 0 Å². The van der Waals surface area contributed by atoms with E-state index >= 15 is 0 Å². The van der Waals surface area contributed by atoms with E-state index in [-0.39, 0.29) is 5.38 Å². The number of hydrogen-bond acceptors (Lipinski definition) is 6. The number of aromatic nitrogens is 4. The molecule has 2 aromatic heterocycles. The molecule has 7 heteroatoms. The van der Waals surface area contributed by atoms with E-state index in [2.05, 4.69) is 19.8 Å². The fourth-order valence-corrected chi connectivity index (χ4v) is 2.24. The second kappa shape index (κ2) is 3.65. The fourth-order valence-electron chi connectivity index (χ4n) is 0.756. The third kappa shape index (κ3) is 1.84. The average molecular weight is 233 g/mol. The highest BCUT2D eigenvalue weighted by Crippen LogP contribution is 2.30. The van der Waals surface area contributed by atoms with Crippen LogP contribution in [0.15, 0.2) is 6.20 Å². The molecule has 0 radical (unpaired) electrons. The molecule has 4 nitrogen and oxygen atoms in total. The molecule has 13 heavy (non-hydrogen) atoms. The van der Waals surface area contributed by atoms with Gasteiger partial charge in [0.15, 0.2) is 5.01 Å². The van der Waals surface area contributed by atoms with E-state index in [1.165, 1.54) is 22.9 Å². The summed E-state index contributed by atoms with van der Waals surface area (Å²) in [5, 5.41) is 13.2. The van der Waals surface area contributed by atoms with Gasteiger partial charge in [0.25, 0.3) is 0 Å². The minimum Gasteiger partial charge on any atom is -0.146 e. The molecule has 0 saturated heterocycles. The first-order valence-corrected chi connectivity index (χ1v) is 5.55. The highest BCUT2D eigenvalue weighted by Gasteiger charge is 2.11. The van der Waals surface area contributed by atoms with Gasteiger partial charge in [-0.25, -0.2) is 0 Å². The van der Waals surface area contributed by atoms with Gasteiger partial charge in [0, 0.05) is 0 Å². The molecule has 0 saturated carbocycles. The molecule has 0 amide bonds. The first-order valence-electron chi connectivity index (χ1n) is 3.52. The lowest BCUT2D eigenvalue weighted by Gasteiger charge is -1.90. The van der Waals surface area contributed by atoms with Gasteiger partial charge in [0.05, 0.1) is 11.6 Å². The molecule has 1 atom stereocenters. The number of alkyl halides is 1. The summed E-state index contributed by atoms with van der Waals surface area (Å²) in [6.07, 6.45) is 1.67. The topological polar surface area (TPSA) is 51.6 Å². The minimum atomic E-state index is -0.0906. The van der Waals surface area contributed by atoms with Crippen LogP contribution in [0.25, 0.3) is 9.88 Å².